The minimum Gasteiger partial charge on any atom is -0.308 e. The normalized spacial score (nSPS) is 13.7. The van der Waals surface area contributed by atoms with Crippen LogP contribution in [0.2, 0.25) is 0 Å². The number of amides is 3. The van der Waals surface area contributed by atoms with Crippen molar-refractivity contribution in [3.8, 4) is 0 Å². The van der Waals surface area contributed by atoms with Crippen LogP contribution < -0.4 is 15.6 Å². The second kappa shape index (κ2) is 6.09. The Bertz CT molecular complexity index is 713. The van der Waals surface area contributed by atoms with Crippen LogP contribution in [-0.2, 0) is 4.79 Å². The summed E-state index contributed by atoms with van der Waals surface area (Å²) in [5.41, 5.74) is 1.35. The van der Waals surface area contributed by atoms with Gasteiger partial charge < -0.3 is 5.32 Å². The van der Waals surface area contributed by atoms with Crippen molar-refractivity contribution in [2.75, 3.05) is 10.3 Å². The molecule has 0 atom stereocenters. The van der Waals surface area contributed by atoms with Crippen LogP contribution >= 0.6 is 0 Å². The fourth-order valence-electron chi connectivity index (χ4n) is 2.08. The number of amidine groups is 1. The molecule has 0 saturated heterocycles. The Kier molecular flexibility index (Phi) is 3.82. The molecule has 0 saturated carbocycles. The number of carbonyl (C=O) groups is 2. The number of nitrogens with zero attached hydrogens (tertiary/aromatic N) is 2. The predicted molar refractivity (Wildman–Crippen MR) is 84.6 cm³/mol. The average molecular weight is 294 g/mol. The van der Waals surface area contributed by atoms with E-state index in [1.165, 1.54) is 5.01 Å². The fraction of sp³-hybridized carbons (Fsp3) is 0.0625. The van der Waals surface area contributed by atoms with Gasteiger partial charge in [0.1, 0.15) is 5.84 Å². The van der Waals surface area contributed by atoms with Crippen LogP contribution in [0.3, 0.4) is 0 Å². The van der Waals surface area contributed by atoms with Crippen molar-refractivity contribution in [1.82, 2.24) is 5.32 Å². The first-order chi connectivity index (χ1) is 10.7. The molecule has 3 rings (SSSR count). The van der Waals surface area contributed by atoms with Gasteiger partial charge in [0.25, 0.3) is 5.91 Å². The largest absolute Gasteiger partial charge is 0.324 e. The fourth-order valence-corrected chi connectivity index (χ4v) is 2.08. The standard InChI is InChI=1S/C16H14N4O2/c21-15-11-14(19-20(15)13-9-5-2-6-10-13)18-16(22)17-12-7-3-1-4-8-12/h1-10H,11H2,(H2,17,18,19,22). The van der Waals surface area contributed by atoms with Crippen LogP contribution in [0, 0.1) is 0 Å². The molecule has 2 aromatic rings. The van der Waals surface area contributed by atoms with Crippen molar-refractivity contribution in [2.45, 2.75) is 6.42 Å². The maximum atomic E-state index is 12.0. The molecule has 6 heteroatoms. The molecule has 2 N–H and O–H groups in total. The van der Waals surface area contributed by atoms with E-state index >= 15 is 0 Å². The predicted octanol–water partition coefficient (Wildman–Crippen LogP) is 2.56. The Morgan fingerprint density at radius 1 is 0.955 bits per heavy atom. The Morgan fingerprint density at radius 2 is 1.59 bits per heavy atom. The highest BCUT2D eigenvalue weighted by molar-refractivity contribution is 6.16. The number of anilines is 2. The number of hydrogen-bond donors (Lipinski definition) is 2. The number of hydrazone groups is 1. The summed E-state index contributed by atoms with van der Waals surface area (Å²) in [5, 5.41) is 10.7. The van der Waals surface area contributed by atoms with Crippen LogP contribution in [0.5, 0.6) is 0 Å². The van der Waals surface area contributed by atoms with Crippen molar-refractivity contribution in [3.05, 3.63) is 60.7 Å². The summed E-state index contributed by atoms with van der Waals surface area (Å²) < 4.78 is 0. The highest BCUT2D eigenvalue weighted by atomic mass is 16.2. The molecule has 2 aromatic carbocycles. The summed E-state index contributed by atoms with van der Waals surface area (Å²) >= 11 is 0. The van der Waals surface area contributed by atoms with Gasteiger partial charge in [-0.2, -0.15) is 10.1 Å². The number of hydrogen-bond acceptors (Lipinski definition) is 3. The second-order valence-electron chi connectivity index (χ2n) is 4.71. The third-order valence-electron chi connectivity index (χ3n) is 3.07. The van der Waals surface area contributed by atoms with E-state index in [2.05, 4.69) is 15.7 Å². The summed E-state index contributed by atoms with van der Waals surface area (Å²) in [6, 6.07) is 17.7. The van der Waals surface area contributed by atoms with Crippen LogP contribution in [-0.4, -0.2) is 17.8 Å². The van der Waals surface area contributed by atoms with Gasteiger partial charge in [0.05, 0.1) is 12.1 Å². The Balaban J connectivity index is 1.66. The molecule has 3 amide bonds. The van der Waals surface area contributed by atoms with Crippen LogP contribution in [0.4, 0.5) is 16.2 Å². The van der Waals surface area contributed by atoms with Crippen LogP contribution in [0.15, 0.2) is 65.8 Å². The lowest BCUT2D eigenvalue weighted by molar-refractivity contribution is -0.116. The average Bonchev–Trinajstić information content (AvgIpc) is 2.89. The van der Waals surface area contributed by atoms with E-state index in [4.69, 9.17) is 0 Å². The minimum atomic E-state index is -0.423. The second-order valence-corrected chi connectivity index (χ2v) is 4.71. The Labute approximate surface area is 127 Å². The molecule has 0 unspecified atom stereocenters. The highest BCUT2D eigenvalue weighted by Gasteiger charge is 2.26. The van der Waals surface area contributed by atoms with Crippen molar-refractivity contribution in [2.24, 2.45) is 5.10 Å². The lowest BCUT2D eigenvalue weighted by atomic mass is 10.3. The molecular weight excluding hydrogens is 280 g/mol. The van der Waals surface area contributed by atoms with Crippen molar-refractivity contribution < 1.29 is 9.59 Å². The zero-order valence-corrected chi connectivity index (χ0v) is 11.7. The van der Waals surface area contributed by atoms with E-state index < -0.39 is 6.03 Å². The van der Waals surface area contributed by atoms with Gasteiger partial charge >= 0.3 is 6.03 Å². The van der Waals surface area contributed by atoms with E-state index in [0.717, 1.165) is 0 Å². The van der Waals surface area contributed by atoms with Crippen LogP contribution in [0.25, 0.3) is 0 Å². The van der Waals surface area contributed by atoms with Gasteiger partial charge in [-0.3, -0.25) is 10.1 Å². The van der Waals surface area contributed by atoms with E-state index in [9.17, 15) is 9.59 Å². The Morgan fingerprint density at radius 3 is 2.27 bits per heavy atom. The van der Waals surface area contributed by atoms with Crippen molar-refractivity contribution in [1.29, 1.82) is 0 Å². The molecule has 1 heterocycles. The zero-order valence-electron chi connectivity index (χ0n) is 11.7. The van der Waals surface area contributed by atoms with Gasteiger partial charge in [0, 0.05) is 5.69 Å². The Hall–Kier alpha value is -3.15. The number of nitrogens with one attached hydrogen (secondary N) is 2. The first-order valence-corrected chi connectivity index (χ1v) is 6.81. The van der Waals surface area contributed by atoms with Gasteiger partial charge in [-0.15, -0.1) is 0 Å². The van der Waals surface area contributed by atoms with E-state index in [1.54, 1.807) is 24.3 Å². The van der Waals surface area contributed by atoms with Gasteiger partial charge in [-0.05, 0) is 24.3 Å². The van der Waals surface area contributed by atoms with E-state index in [-0.39, 0.29) is 12.3 Å². The van der Waals surface area contributed by atoms with Crippen molar-refractivity contribution in [3.63, 3.8) is 0 Å². The molecule has 6 nitrogen and oxygen atoms in total. The molecule has 0 fully saturated rings. The zero-order chi connectivity index (χ0) is 15.4. The van der Waals surface area contributed by atoms with Gasteiger partial charge in [-0.1, -0.05) is 36.4 Å². The molecule has 0 bridgehead atoms. The number of para-hydroxylation sites is 2. The summed E-state index contributed by atoms with van der Waals surface area (Å²) in [5.74, 6) is 0.142. The summed E-state index contributed by atoms with van der Waals surface area (Å²) in [4.78, 5) is 23.8. The number of benzene rings is 2. The molecule has 1 aliphatic rings. The smallest absolute Gasteiger partial charge is 0.308 e. The van der Waals surface area contributed by atoms with Gasteiger partial charge in [-0.25, -0.2) is 4.79 Å². The van der Waals surface area contributed by atoms with Crippen molar-refractivity contribution >= 4 is 29.1 Å². The molecular formula is C16H14N4O2. The molecule has 22 heavy (non-hydrogen) atoms. The molecule has 0 spiro atoms. The molecule has 0 aromatic heterocycles. The number of urea groups is 1. The van der Waals surface area contributed by atoms with E-state index in [1.807, 2.05) is 36.4 Å². The minimum absolute atomic E-state index is 0.0666. The summed E-state index contributed by atoms with van der Waals surface area (Å²) in [7, 11) is 0. The number of carbonyl (C=O) groups excluding carboxylic acids is 2. The van der Waals surface area contributed by atoms with Gasteiger partial charge in [0.2, 0.25) is 0 Å². The quantitative estimate of drug-likeness (QED) is 0.893. The third kappa shape index (κ3) is 3.12. The maximum Gasteiger partial charge on any atom is 0.324 e. The van der Waals surface area contributed by atoms with E-state index in [0.29, 0.717) is 17.2 Å². The lowest BCUT2D eigenvalue weighted by Gasteiger charge is -2.10. The third-order valence-corrected chi connectivity index (χ3v) is 3.07. The SMILES string of the molecule is O=C(NC1=NN(c2ccccc2)C(=O)C1)Nc1ccccc1. The first kappa shape index (κ1) is 13.8. The lowest BCUT2D eigenvalue weighted by Crippen LogP contribution is -2.33. The topological polar surface area (TPSA) is 73.8 Å². The van der Waals surface area contributed by atoms with Crippen LogP contribution in [0.1, 0.15) is 6.42 Å². The summed E-state index contributed by atoms with van der Waals surface area (Å²) in [6.07, 6.45) is 0.0666. The first-order valence-electron chi connectivity index (χ1n) is 6.81. The molecule has 110 valence electrons. The molecule has 1 aliphatic heterocycles. The highest BCUT2D eigenvalue weighted by Crippen LogP contribution is 2.19. The number of rotatable bonds is 2. The maximum absolute atomic E-state index is 12.0. The summed E-state index contributed by atoms with van der Waals surface area (Å²) in [6.45, 7) is 0. The monoisotopic (exact) mass is 294 g/mol. The molecule has 0 aliphatic carbocycles. The molecule has 0 radical (unpaired) electrons. The van der Waals surface area contributed by atoms with Gasteiger partial charge in [0.15, 0.2) is 0 Å².